The number of aromatic hydroxyl groups is 1. The summed E-state index contributed by atoms with van der Waals surface area (Å²) in [5, 5.41) is 18.5. The predicted molar refractivity (Wildman–Crippen MR) is 120 cm³/mol. The molecule has 6 nitrogen and oxygen atoms in total. The number of aromatic amines is 1. The van der Waals surface area contributed by atoms with Crippen molar-refractivity contribution in [3.05, 3.63) is 59.7 Å². The number of hydrogen-bond donors (Lipinski definition) is 2. The summed E-state index contributed by atoms with van der Waals surface area (Å²) in [6.07, 6.45) is 6.85. The van der Waals surface area contributed by atoms with E-state index in [9.17, 15) is 5.11 Å². The van der Waals surface area contributed by atoms with Crippen LogP contribution in [0.3, 0.4) is 0 Å². The largest absolute Gasteiger partial charge is 0.508 e. The maximum atomic E-state index is 9.71. The highest BCUT2D eigenvalue weighted by atomic mass is 16.5. The second-order valence-electron chi connectivity index (χ2n) is 7.86. The van der Waals surface area contributed by atoms with E-state index < -0.39 is 0 Å². The van der Waals surface area contributed by atoms with Gasteiger partial charge in [0.15, 0.2) is 5.82 Å². The third-order valence-corrected chi connectivity index (χ3v) is 5.81. The second-order valence-corrected chi connectivity index (χ2v) is 7.86. The number of rotatable bonds is 4. The molecule has 2 N–H and O–H groups in total. The number of fused-ring (bicyclic) bond motifs is 1. The van der Waals surface area contributed by atoms with Gasteiger partial charge in [0.2, 0.25) is 0 Å². The molecular weight excluding hydrogens is 376 g/mol. The van der Waals surface area contributed by atoms with Crippen LogP contribution in [0.1, 0.15) is 31.2 Å². The van der Waals surface area contributed by atoms with Crippen molar-refractivity contribution in [2.24, 2.45) is 4.99 Å². The van der Waals surface area contributed by atoms with Crippen molar-refractivity contribution in [3.63, 3.8) is 0 Å². The first-order chi connectivity index (χ1) is 14.8. The highest BCUT2D eigenvalue weighted by Crippen LogP contribution is 2.31. The lowest BCUT2D eigenvalue weighted by Gasteiger charge is -2.26. The van der Waals surface area contributed by atoms with E-state index in [1.54, 1.807) is 12.1 Å². The van der Waals surface area contributed by atoms with Crippen LogP contribution in [0.5, 0.6) is 5.75 Å². The molecule has 1 aliphatic carbocycles. The van der Waals surface area contributed by atoms with Crippen molar-refractivity contribution < 1.29 is 9.84 Å². The lowest BCUT2D eigenvalue weighted by atomic mass is 9.92. The minimum Gasteiger partial charge on any atom is -0.508 e. The number of allylic oxidation sites excluding steroid dienone is 2. The molecule has 154 valence electrons. The number of ether oxygens (including phenoxy) is 1. The summed E-state index contributed by atoms with van der Waals surface area (Å²) in [5.74, 6) is 1.24. The smallest absolute Gasteiger partial charge is 0.158 e. The number of aliphatic imine (C=N–C) groups is 1. The SMILES string of the molecule is Oc1ccc(C(=Nc2ccc3[nH]nc(N4CCOCC4)c3c2)C2=CCCCC2)cc1. The fourth-order valence-electron chi connectivity index (χ4n) is 4.20. The summed E-state index contributed by atoms with van der Waals surface area (Å²) in [6, 6.07) is 13.5. The number of phenols is 1. The van der Waals surface area contributed by atoms with Crippen molar-refractivity contribution in [1.29, 1.82) is 0 Å². The van der Waals surface area contributed by atoms with E-state index in [4.69, 9.17) is 9.73 Å². The number of anilines is 1. The molecule has 0 bridgehead atoms. The van der Waals surface area contributed by atoms with E-state index in [1.165, 1.54) is 18.4 Å². The number of benzene rings is 2. The normalized spacial score (nSPS) is 17.9. The molecule has 0 saturated carbocycles. The summed E-state index contributed by atoms with van der Waals surface area (Å²) >= 11 is 0. The Morgan fingerprint density at radius 3 is 2.67 bits per heavy atom. The molecule has 0 atom stereocenters. The maximum Gasteiger partial charge on any atom is 0.158 e. The molecule has 2 aromatic carbocycles. The topological polar surface area (TPSA) is 73.7 Å². The van der Waals surface area contributed by atoms with Gasteiger partial charge in [0.1, 0.15) is 5.75 Å². The molecule has 2 aliphatic rings. The van der Waals surface area contributed by atoms with Crippen LogP contribution in [0, 0.1) is 0 Å². The molecule has 2 heterocycles. The zero-order valence-electron chi connectivity index (χ0n) is 17.0. The summed E-state index contributed by atoms with van der Waals surface area (Å²) in [4.78, 5) is 7.34. The highest BCUT2D eigenvalue weighted by molar-refractivity contribution is 6.14. The second kappa shape index (κ2) is 8.32. The lowest BCUT2D eigenvalue weighted by molar-refractivity contribution is 0.122. The highest BCUT2D eigenvalue weighted by Gasteiger charge is 2.18. The Balaban J connectivity index is 1.57. The maximum absolute atomic E-state index is 9.71. The summed E-state index contributed by atoms with van der Waals surface area (Å²) in [6.45, 7) is 3.15. The van der Waals surface area contributed by atoms with E-state index in [0.29, 0.717) is 0 Å². The van der Waals surface area contributed by atoms with Gasteiger partial charge >= 0.3 is 0 Å². The molecule has 6 heteroatoms. The fraction of sp³-hybridized carbons (Fsp3) is 0.333. The van der Waals surface area contributed by atoms with Crippen molar-refractivity contribution >= 4 is 28.1 Å². The number of morpholine rings is 1. The fourth-order valence-corrected chi connectivity index (χ4v) is 4.20. The molecule has 0 radical (unpaired) electrons. The van der Waals surface area contributed by atoms with Crippen molar-refractivity contribution in [3.8, 4) is 5.75 Å². The summed E-state index contributed by atoms with van der Waals surface area (Å²) in [5.41, 5.74) is 5.23. The monoisotopic (exact) mass is 402 g/mol. The van der Waals surface area contributed by atoms with Crippen LogP contribution in [0.25, 0.3) is 10.9 Å². The molecule has 30 heavy (non-hydrogen) atoms. The lowest BCUT2D eigenvalue weighted by Crippen LogP contribution is -2.36. The quantitative estimate of drug-likeness (QED) is 0.619. The number of nitrogens with zero attached hydrogens (tertiary/aromatic N) is 3. The van der Waals surface area contributed by atoms with Gasteiger partial charge in [0.25, 0.3) is 0 Å². The standard InChI is InChI=1S/C24H26N4O2/c29-20-9-6-18(7-10-20)23(17-4-2-1-3-5-17)25-19-8-11-22-21(16-19)24(27-26-22)28-12-14-30-15-13-28/h4,6-11,16,29H,1-3,5,12-15H2,(H,26,27). The predicted octanol–water partition coefficient (Wildman–Crippen LogP) is 4.73. The van der Waals surface area contributed by atoms with Gasteiger partial charge in [-0.3, -0.25) is 5.10 Å². The third-order valence-electron chi connectivity index (χ3n) is 5.81. The Kier molecular flexibility index (Phi) is 5.24. The molecule has 5 rings (SSSR count). The zero-order valence-corrected chi connectivity index (χ0v) is 17.0. The van der Waals surface area contributed by atoms with Gasteiger partial charge in [0.05, 0.1) is 30.1 Å². The average Bonchev–Trinajstić information content (AvgIpc) is 3.23. The Labute approximate surface area is 175 Å². The van der Waals surface area contributed by atoms with Crippen molar-refractivity contribution in [1.82, 2.24) is 10.2 Å². The Bertz CT molecular complexity index is 1090. The van der Waals surface area contributed by atoms with E-state index in [2.05, 4.69) is 33.3 Å². The first-order valence-corrected chi connectivity index (χ1v) is 10.7. The number of H-pyrrole nitrogens is 1. The van der Waals surface area contributed by atoms with Crippen LogP contribution >= 0.6 is 0 Å². The van der Waals surface area contributed by atoms with Crippen molar-refractivity contribution in [2.45, 2.75) is 25.7 Å². The number of hydrogen-bond acceptors (Lipinski definition) is 5. The average molecular weight is 402 g/mol. The van der Waals surface area contributed by atoms with Gasteiger partial charge in [-0.05, 0) is 73.7 Å². The van der Waals surface area contributed by atoms with Crippen LogP contribution in [0.4, 0.5) is 11.5 Å². The van der Waals surface area contributed by atoms with Crippen molar-refractivity contribution in [2.75, 3.05) is 31.2 Å². The minimum atomic E-state index is 0.269. The van der Waals surface area contributed by atoms with Crippen LogP contribution in [0.15, 0.2) is 59.1 Å². The third kappa shape index (κ3) is 3.83. The molecule has 0 amide bonds. The van der Waals surface area contributed by atoms with Gasteiger partial charge in [0, 0.05) is 24.0 Å². The molecule has 3 aromatic rings. The first-order valence-electron chi connectivity index (χ1n) is 10.7. The molecule has 0 unspecified atom stereocenters. The summed E-state index contributed by atoms with van der Waals surface area (Å²) < 4.78 is 5.49. The molecular formula is C24H26N4O2. The Morgan fingerprint density at radius 2 is 1.90 bits per heavy atom. The van der Waals surface area contributed by atoms with Crippen LogP contribution in [-0.4, -0.2) is 47.3 Å². The van der Waals surface area contributed by atoms with Gasteiger partial charge in [-0.1, -0.05) is 6.08 Å². The van der Waals surface area contributed by atoms with E-state index in [1.807, 2.05) is 18.2 Å². The van der Waals surface area contributed by atoms with Crippen LogP contribution in [-0.2, 0) is 4.74 Å². The van der Waals surface area contributed by atoms with E-state index >= 15 is 0 Å². The van der Waals surface area contributed by atoms with Crippen LogP contribution in [0.2, 0.25) is 0 Å². The Hall–Kier alpha value is -3.12. The molecule has 1 saturated heterocycles. The van der Waals surface area contributed by atoms with E-state index in [0.717, 1.165) is 72.8 Å². The molecule has 1 fully saturated rings. The van der Waals surface area contributed by atoms with Gasteiger partial charge in [-0.15, -0.1) is 0 Å². The minimum absolute atomic E-state index is 0.269. The molecule has 0 spiro atoms. The molecule has 1 aromatic heterocycles. The van der Waals surface area contributed by atoms with Crippen LogP contribution < -0.4 is 4.90 Å². The van der Waals surface area contributed by atoms with Gasteiger partial charge in [-0.25, -0.2) is 4.99 Å². The van der Waals surface area contributed by atoms with Gasteiger partial charge < -0.3 is 14.7 Å². The zero-order chi connectivity index (χ0) is 20.3. The Morgan fingerprint density at radius 1 is 1.07 bits per heavy atom. The first kappa shape index (κ1) is 18.9. The summed E-state index contributed by atoms with van der Waals surface area (Å²) in [7, 11) is 0. The number of aromatic nitrogens is 2. The number of phenolic OH excluding ortho intramolecular Hbond substituents is 1. The van der Waals surface area contributed by atoms with E-state index in [-0.39, 0.29) is 5.75 Å². The molecule has 1 aliphatic heterocycles. The van der Waals surface area contributed by atoms with Gasteiger partial charge in [-0.2, -0.15) is 5.10 Å². The number of nitrogens with one attached hydrogen (secondary N) is 1.